The second-order valence-corrected chi connectivity index (χ2v) is 5.19. The van der Waals surface area contributed by atoms with E-state index in [4.69, 9.17) is 0 Å². The summed E-state index contributed by atoms with van der Waals surface area (Å²) in [6.07, 6.45) is 1.55. The largest absolute Gasteiger partial charge is 0.300 e. The molecule has 78 valence electrons. The van der Waals surface area contributed by atoms with Gasteiger partial charge in [0.05, 0.1) is 12.2 Å². The van der Waals surface area contributed by atoms with E-state index in [1.54, 1.807) is 18.0 Å². The first-order valence-corrected chi connectivity index (χ1v) is 6.96. The van der Waals surface area contributed by atoms with Crippen LogP contribution in [0.4, 0.5) is 0 Å². The molecule has 7 heteroatoms. The van der Waals surface area contributed by atoms with Crippen LogP contribution in [0.25, 0.3) is 11.0 Å². The number of halogens is 1. The van der Waals surface area contributed by atoms with Gasteiger partial charge in [0.15, 0.2) is 5.16 Å². The third-order valence-corrected chi connectivity index (χ3v) is 4.56. The van der Waals surface area contributed by atoms with Crippen molar-refractivity contribution in [2.75, 3.05) is 10.2 Å². The Kier molecular flexibility index (Phi) is 2.23. The highest BCUT2D eigenvalue weighted by Crippen LogP contribution is 2.34. The van der Waals surface area contributed by atoms with Crippen molar-refractivity contribution in [3.8, 4) is 0 Å². The van der Waals surface area contributed by atoms with Gasteiger partial charge in [0.25, 0.3) is 5.56 Å². The van der Waals surface area contributed by atoms with Crippen LogP contribution in [0.3, 0.4) is 0 Å². The molecule has 0 radical (unpaired) electrons. The first kappa shape index (κ1) is 9.64. The molecule has 0 aromatic carbocycles. The molecule has 3 heterocycles. The summed E-state index contributed by atoms with van der Waals surface area (Å²) in [4.78, 5) is 15.7. The van der Waals surface area contributed by atoms with Crippen molar-refractivity contribution in [1.29, 1.82) is 0 Å². The van der Waals surface area contributed by atoms with E-state index in [9.17, 15) is 4.79 Å². The first-order chi connectivity index (χ1) is 7.31. The molecule has 0 amide bonds. The Hall–Kier alpha value is -0.570. The Morgan fingerprint density at radius 3 is 3.40 bits per heavy atom. The molecule has 15 heavy (non-hydrogen) atoms. The third-order valence-electron chi connectivity index (χ3n) is 2.44. The number of thioether (sulfide) groups is 1. The molecule has 1 unspecified atom stereocenters. The van der Waals surface area contributed by atoms with E-state index >= 15 is 0 Å². The van der Waals surface area contributed by atoms with E-state index in [2.05, 4.69) is 42.3 Å². The minimum Gasteiger partial charge on any atom is -0.300 e. The highest BCUT2D eigenvalue weighted by molar-refractivity contribution is 14.1. The Labute approximate surface area is 103 Å². The number of H-pyrrole nitrogens is 1. The molecular weight excluding hydrogens is 327 g/mol. The standard InChI is InChI=1S/C8H7IN4OS/c9-1-4-3-15-8-11-7(14)5-2-10-12-6(5)13(4)8/h2,4H,1,3H2,(H,10,12). The van der Waals surface area contributed by atoms with Crippen molar-refractivity contribution in [3.63, 3.8) is 0 Å². The van der Waals surface area contributed by atoms with Gasteiger partial charge < -0.3 is 4.57 Å². The van der Waals surface area contributed by atoms with Crippen LogP contribution in [0.5, 0.6) is 0 Å². The summed E-state index contributed by atoms with van der Waals surface area (Å²) in [7, 11) is 0. The van der Waals surface area contributed by atoms with Crippen LogP contribution in [-0.2, 0) is 0 Å². The molecule has 0 spiro atoms. The summed E-state index contributed by atoms with van der Waals surface area (Å²) < 4.78 is 3.09. The Balaban J connectivity index is 2.40. The molecule has 1 aliphatic heterocycles. The number of aromatic nitrogens is 4. The van der Waals surface area contributed by atoms with Crippen LogP contribution in [0.15, 0.2) is 16.1 Å². The van der Waals surface area contributed by atoms with Crippen molar-refractivity contribution in [2.45, 2.75) is 11.2 Å². The highest BCUT2D eigenvalue weighted by Gasteiger charge is 2.25. The number of nitrogens with zero attached hydrogens (tertiary/aromatic N) is 3. The maximum absolute atomic E-state index is 11.6. The molecule has 2 aromatic heterocycles. The van der Waals surface area contributed by atoms with Crippen molar-refractivity contribution < 1.29 is 0 Å². The van der Waals surface area contributed by atoms with E-state index in [0.29, 0.717) is 11.4 Å². The van der Waals surface area contributed by atoms with Crippen LogP contribution in [0, 0.1) is 0 Å². The molecule has 0 bridgehead atoms. The fourth-order valence-electron chi connectivity index (χ4n) is 1.72. The molecule has 1 atom stereocenters. The molecule has 0 saturated heterocycles. The van der Waals surface area contributed by atoms with Gasteiger partial charge in [0, 0.05) is 10.2 Å². The van der Waals surface area contributed by atoms with E-state index in [0.717, 1.165) is 21.0 Å². The molecule has 0 aliphatic carbocycles. The number of fused-ring (bicyclic) bond motifs is 3. The zero-order valence-electron chi connectivity index (χ0n) is 7.61. The van der Waals surface area contributed by atoms with Gasteiger partial charge in [-0.2, -0.15) is 10.1 Å². The molecule has 2 aromatic rings. The van der Waals surface area contributed by atoms with Gasteiger partial charge in [-0.1, -0.05) is 34.4 Å². The molecule has 3 rings (SSSR count). The molecule has 0 saturated carbocycles. The maximum Gasteiger partial charge on any atom is 0.284 e. The lowest BCUT2D eigenvalue weighted by Gasteiger charge is -2.10. The monoisotopic (exact) mass is 334 g/mol. The average Bonchev–Trinajstić information content (AvgIpc) is 2.81. The first-order valence-electron chi connectivity index (χ1n) is 4.45. The summed E-state index contributed by atoms with van der Waals surface area (Å²) in [5, 5.41) is 8.18. The average molecular weight is 334 g/mol. The minimum atomic E-state index is -0.188. The summed E-state index contributed by atoms with van der Waals surface area (Å²) in [5.74, 6) is 0.980. The Morgan fingerprint density at radius 2 is 2.60 bits per heavy atom. The Morgan fingerprint density at radius 1 is 1.73 bits per heavy atom. The number of aromatic amines is 1. The lowest BCUT2D eigenvalue weighted by atomic mass is 10.3. The molecule has 5 nitrogen and oxygen atoms in total. The van der Waals surface area contributed by atoms with Gasteiger partial charge in [-0.05, 0) is 0 Å². The molecular formula is C8H7IN4OS. The molecule has 1 N–H and O–H groups in total. The predicted molar refractivity (Wildman–Crippen MR) is 66.8 cm³/mol. The Bertz CT molecular complexity index is 578. The number of rotatable bonds is 1. The van der Waals surface area contributed by atoms with Crippen molar-refractivity contribution in [1.82, 2.24) is 19.7 Å². The third kappa shape index (κ3) is 1.32. The van der Waals surface area contributed by atoms with E-state index in [1.165, 1.54) is 0 Å². The van der Waals surface area contributed by atoms with Gasteiger partial charge >= 0.3 is 0 Å². The zero-order valence-corrected chi connectivity index (χ0v) is 10.6. The summed E-state index contributed by atoms with van der Waals surface area (Å²) in [6.45, 7) is 0. The van der Waals surface area contributed by atoms with Crippen LogP contribution < -0.4 is 5.56 Å². The van der Waals surface area contributed by atoms with E-state index < -0.39 is 0 Å². The lowest BCUT2D eigenvalue weighted by molar-refractivity contribution is 0.592. The van der Waals surface area contributed by atoms with Gasteiger partial charge in [0.2, 0.25) is 0 Å². The summed E-state index contributed by atoms with van der Waals surface area (Å²) >= 11 is 3.98. The summed E-state index contributed by atoms with van der Waals surface area (Å²) in [6, 6.07) is 0.404. The van der Waals surface area contributed by atoms with E-state index in [1.807, 2.05) is 0 Å². The second kappa shape index (κ2) is 3.48. The van der Waals surface area contributed by atoms with E-state index in [-0.39, 0.29) is 5.56 Å². The van der Waals surface area contributed by atoms with Crippen LogP contribution in [0.1, 0.15) is 6.04 Å². The lowest BCUT2D eigenvalue weighted by Crippen LogP contribution is -2.16. The molecule has 1 aliphatic rings. The van der Waals surface area contributed by atoms with Crippen LogP contribution in [0.2, 0.25) is 0 Å². The normalized spacial score (nSPS) is 19.7. The van der Waals surface area contributed by atoms with Gasteiger partial charge in [-0.25, -0.2) is 0 Å². The SMILES string of the molecule is O=c1nc2n(c3[nH]ncc13)C(CI)CS2. The minimum absolute atomic E-state index is 0.188. The van der Waals surface area contributed by atoms with Crippen LogP contribution in [-0.4, -0.2) is 29.9 Å². The fourth-order valence-corrected chi connectivity index (χ4v) is 3.98. The smallest absolute Gasteiger partial charge is 0.284 e. The van der Waals surface area contributed by atoms with Crippen LogP contribution >= 0.6 is 34.4 Å². The van der Waals surface area contributed by atoms with Gasteiger partial charge in [-0.3, -0.25) is 9.89 Å². The number of hydrogen-bond donors (Lipinski definition) is 1. The quantitative estimate of drug-likeness (QED) is 0.484. The number of alkyl halides is 1. The summed E-state index contributed by atoms with van der Waals surface area (Å²) in [5.41, 5.74) is 0.614. The molecule has 0 fully saturated rings. The van der Waals surface area contributed by atoms with Crippen molar-refractivity contribution >= 4 is 45.4 Å². The van der Waals surface area contributed by atoms with Crippen molar-refractivity contribution in [2.24, 2.45) is 0 Å². The van der Waals surface area contributed by atoms with Gasteiger partial charge in [-0.15, -0.1) is 0 Å². The second-order valence-electron chi connectivity index (χ2n) is 3.32. The number of nitrogens with one attached hydrogen (secondary N) is 1. The topological polar surface area (TPSA) is 63.6 Å². The number of hydrogen-bond acceptors (Lipinski definition) is 4. The zero-order chi connectivity index (χ0) is 10.4. The van der Waals surface area contributed by atoms with Crippen molar-refractivity contribution in [3.05, 3.63) is 16.6 Å². The maximum atomic E-state index is 11.6. The highest BCUT2D eigenvalue weighted by atomic mass is 127. The van der Waals surface area contributed by atoms with Gasteiger partial charge in [0.1, 0.15) is 11.0 Å². The fraction of sp³-hybridized carbons (Fsp3) is 0.375. The predicted octanol–water partition coefficient (Wildman–Crippen LogP) is 1.20.